The Bertz CT molecular complexity index is 683. The fraction of sp³-hybridized carbons (Fsp3) is 0.682. The molecule has 5 atom stereocenters. The van der Waals surface area contributed by atoms with E-state index in [0.29, 0.717) is 18.3 Å². The molecule has 142 valence electrons. The van der Waals surface area contributed by atoms with Gasteiger partial charge in [0, 0.05) is 19.1 Å². The molecule has 0 aromatic heterocycles. The SMILES string of the molecule is CCC(=O)N[C@@H]1C(C)(C)[C@@H]2C[C@@H]3[C@@H](c4ccc(OC)cc4)OCCC31C2. The summed E-state index contributed by atoms with van der Waals surface area (Å²) in [6.07, 6.45) is 4.14. The van der Waals surface area contributed by atoms with Gasteiger partial charge in [0.2, 0.25) is 5.91 Å². The molecular weight excluding hydrogens is 326 g/mol. The minimum absolute atomic E-state index is 0.122. The third kappa shape index (κ3) is 2.49. The molecular formula is C22H31NO3. The molecule has 2 bridgehead atoms. The number of carbonyl (C=O) groups is 1. The highest BCUT2D eigenvalue weighted by Crippen LogP contribution is 2.70. The van der Waals surface area contributed by atoms with Crippen molar-refractivity contribution in [3.05, 3.63) is 29.8 Å². The summed E-state index contributed by atoms with van der Waals surface area (Å²) in [6.45, 7) is 7.41. The van der Waals surface area contributed by atoms with E-state index in [4.69, 9.17) is 9.47 Å². The molecule has 1 aliphatic heterocycles. The zero-order valence-electron chi connectivity index (χ0n) is 16.4. The maximum atomic E-state index is 12.3. The van der Waals surface area contributed by atoms with Crippen LogP contribution in [0.1, 0.15) is 58.1 Å². The van der Waals surface area contributed by atoms with Crippen LogP contribution in [0, 0.1) is 22.7 Å². The van der Waals surface area contributed by atoms with Crippen molar-refractivity contribution in [1.29, 1.82) is 0 Å². The van der Waals surface area contributed by atoms with Gasteiger partial charge in [-0.05, 0) is 59.6 Å². The molecule has 2 saturated carbocycles. The van der Waals surface area contributed by atoms with Crippen LogP contribution in [0.5, 0.6) is 5.75 Å². The first-order valence-electron chi connectivity index (χ1n) is 9.97. The van der Waals surface area contributed by atoms with Crippen molar-refractivity contribution >= 4 is 5.91 Å². The van der Waals surface area contributed by atoms with E-state index in [-0.39, 0.29) is 28.9 Å². The minimum atomic E-state index is 0.122. The molecule has 4 rings (SSSR count). The molecule has 3 aliphatic rings. The Morgan fingerprint density at radius 1 is 1.31 bits per heavy atom. The minimum Gasteiger partial charge on any atom is -0.497 e. The zero-order valence-corrected chi connectivity index (χ0v) is 16.4. The maximum Gasteiger partial charge on any atom is 0.219 e. The van der Waals surface area contributed by atoms with Crippen LogP contribution in [0.3, 0.4) is 0 Å². The van der Waals surface area contributed by atoms with E-state index in [2.05, 4.69) is 31.3 Å². The van der Waals surface area contributed by atoms with Crippen LogP contribution in [0.25, 0.3) is 0 Å². The summed E-state index contributed by atoms with van der Waals surface area (Å²) in [5.74, 6) is 2.18. The number of fused-ring (bicyclic) bond motifs is 1. The highest BCUT2D eigenvalue weighted by molar-refractivity contribution is 5.76. The van der Waals surface area contributed by atoms with Crippen LogP contribution < -0.4 is 10.1 Å². The van der Waals surface area contributed by atoms with Crippen molar-refractivity contribution in [2.24, 2.45) is 22.7 Å². The fourth-order valence-electron chi connectivity index (χ4n) is 6.17. The van der Waals surface area contributed by atoms with Gasteiger partial charge in [0.05, 0.1) is 13.2 Å². The highest BCUT2D eigenvalue weighted by atomic mass is 16.5. The molecule has 4 nitrogen and oxygen atoms in total. The first kappa shape index (κ1) is 17.8. The molecule has 1 spiro atoms. The van der Waals surface area contributed by atoms with Crippen molar-refractivity contribution < 1.29 is 14.3 Å². The summed E-state index contributed by atoms with van der Waals surface area (Å²) in [6, 6.07) is 8.57. The van der Waals surface area contributed by atoms with Crippen molar-refractivity contribution in [2.75, 3.05) is 13.7 Å². The van der Waals surface area contributed by atoms with Crippen LogP contribution in [-0.2, 0) is 9.53 Å². The Balaban J connectivity index is 1.66. The summed E-state index contributed by atoms with van der Waals surface area (Å²) < 4.78 is 11.6. The van der Waals surface area contributed by atoms with Crippen molar-refractivity contribution in [3.63, 3.8) is 0 Å². The number of rotatable bonds is 4. The molecule has 1 unspecified atom stereocenters. The van der Waals surface area contributed by atoms with Gasteiger partial charge in [-0.15, -0.1) is 0 Å². The Morgan fingerprint density at radius 3 is 2.69 bits per heavy atom. The summed E-state index contributed by atoms with van der Waals surface area (Å²) in [7, 11) is 1.69. The Hall–Kier alpha value is -1.55. The van der Waals surface area contributed by atoms with Gasteiger partial charge in [0.15, 0.2) is 0 Å². The quantitative estimate of drug-likeness (QED) is 0.882. The van der Waals surface area contributed by atoms with E-state index in [0.717, 1.165) is 18.8 Å². The lowest BCUT2D eigenvalue weighted by Crippen LogP contribution is -2.58. The number of carbonyl (C=O) groups excluding carboxylic acids is 1. The van der Waals surface area contributed by atoms with Crippen LogP contribution in [0.15, 0.2) is 24.3 Å². The second-order valence-corrected chi connectivity index (χ2v) is 8.97. The van der Waals surface area contributed by atoms with Gasteiger partial charge in [-0.1, -0.05) is 32.9 Å². The van der Waals surface area contributed by atoms with Gasteiger partial charge < -0.3 is 14.8 Å². The number of amides is 1. The van der Waals surface area contributed by atoms with E-state index in [1.807, 2.05) is 19.1 Å². The van der Waals surface area contributed by atoms with Crippen molar-refractivity contribution in [2.45, 2.75) is 58.6 Å². The largest absolute Gasteiger partial charge is 0.497 e. The average Bonchev–Trinajstić information content (AvgIpc) is 3.14. The smallest absolute Gasteiger partial charge is 0.219 e. The third-order valence-corrected chi connectivity index (χ3v) is 7.58. The average molecular weight is 357 g/mol. The zero-order chi connectivity index (χ0) is 18.5. The third-order valence-electron chi connectivity index (χ3n) is 7.58. The van der Waals surface area contributed by atoms with Gasteiger partial charge in [-0.3, -0.25) is 4.79 Å². The highest BCUT2D eigenvalue weighted by Gasteiger charge is 2.68. The van der Waals surface area contributed by atoms with E-state index in [9.17, 15) is 4.79 Å². The molecule has 1 aromatic carbocycles. The number of ether oxygens (including phenoxy) is 2. The fourth-order valence-corrected chi connectivity index (χ4v) is 6.17. The predicted octanol–water partition coefficient (Wildman–Crippen LogP) is 4.10. The Labute approximate surface area is 156 Å². The second-order valence-electron chi connectivity index (χ2n) is 8.97. The molecule has 1 saturated heterocycles. The van der Waals surface area contributed by atoms with Crippen LogP contribution in [0.4, 0.5) is 0 Å². The van der Waals surface area contributed by atoms with Crippen molar-refractivity contribution in [1.82, 2.24) is 5.32 Å². The molecule has 1 heterocycles. The number of hydrogen-bond donors (Lipinski definition) is 1. The molecule has 1 amide bonds. The monoisotopic (exact) mass is 357 g/mol. The first-order valence-corrected chi connectivity index (χ1v) is 9.97. The first-order chi connectivity index (χ1) is 12.4. The topological polar surface area (TPSA) is 47.6 Å². The number of benzene rings is 1. The summed E-state index contributed by atoms with van der Waals surface area (Å²) in [4.78, 5) is 12.3. The second kappa shape index (κ2) is 6.26. The van der Waals surface area contributed by atoms with E-state index in [1.54, 1.807) is 7.11 Å². The molecule has 1 N–H and O–H groups in total. The number of nitrogens with one attached hydrogen (secondary N) is 1. The van der Waals surface area contributed by atoms with Gasteiger partial charge in [0.25, 0.3) is 0 Å². The van der Waals surface area contributed by atoms with Gasteiger partial charge in [0.1, 0.15) is 5.75 Å². The Kier molecular flexibility index (Phi) is 4.30. The number of methoxy groups -OCH3 is 1. The predicted molar refractivity (Wildman–Crippen MR) is 101 cm³/mol. The lowest BCUT2D eigenvalue weighted by atomic mass is 9.59. The molecule has 2 aliphatic carbocycles. The van der Waals surface area contributed by atoms with Gasteiger partial charge in [-0.25, -0.2) is 0 Å². The summed E-state index contributed by atoms with van der Waals surface area (Å²) >= 11 is 0. The van der Waals surface area contributed by atoms with E-state index in [1.165, 1.54) is 18.4 Å². The summed E-state index contributed by atoms with van der Waals surface area (Å²) in [5.41, 5.74) is 1.56. The lowest BCUT2D eigenvalue weighted by molar-refractivity contribution is -0.137. The van der Waals surface area contributed by atoms with Crippen molar-refractivity contribution in [3.8, 4) is 5.75 Å². The van der Waals surface area contributed by atoms with Crippen LogP contribution >= 0.6 is 0 Å². The van der Waals surface area contributed by atoms with Crippen LogP contribution in [0.2, 0.25) is 0 Å². The number of hydrogen-bond acceptors (Lipinski definition) is 3. The molecule has 26 heavy (non-hydrogen) atoms. The lowest BCUT2D eigenvalue weighted by Gasteiger charge is -2.53. The maximum absolute atomic E-state index is 12.3. The van der Waals surface area contributed by atoms with Gasteiger partial charge in [-0.2, -0.15) is 0 Å². The molecule has 0 radical (unpaired) electrons. The normalized spacial score (nSPS) is 37.2. The van der Waals surface area contributed by atoms with Gasteiger partial charge >= 0.3 is 0 Å². The molecule has 3 fully saturated rings. The van der Waals surface area contributed by atoms with E-state index < -0.39 is 0 Å². The molecule has 4 heteroatoms. The Morgan fingerprint density at radius 2 is 2.04 bits per heavy atom. The summed E-state index contributed by atoms with van der Waals surface area (Å²) in [5, 5.41) is 3.42. The van der Waals surface area contributed by atoms with E-state index >= 15 is 0 Å². The standard InChI is InChI=1S/C22H31NO3/c1-5-18(24)23-20-21(2,3)15-12-17-19(26-11-10-22(17,20)13-15)14-6-8-16(25-4)9-7-14/h6-9,15,17,19-20H,5,10-13H2,1-4H3,(H,23,24)/t15-,17-,19-,20-,22?/m1/s1. The molecule has 1 aromatic rings. The van der Waals surface area contributed by atoms with Crippen LogP contribution in [-0.4, -0.2) is 25.7 Å².